The first-order chi connectivity index (χ1) is 29.4. The lowest BCUT2D eigenvalue weighted by molar-refractivity contribution is -0.150. The summed E-state index contributed by atoms with van der Waals surface area (Å²) in [5.74, 6) is -0.285. The Labute approximate surface area is 370 Å². The fourth-order valence-corrected chi connectivity index (χ4v) is 7.85. The smallest absolute Gasteiger partial charge is 0.305 e. The van der Waals surface area contributed by atoms with Crippen LogP contribution in [0.4, 0.5) is 0 Å². The van der Waals surface area contributed by atoms with E-state index in [1.54, 1.807) is 0 Å². The van der Waals surface area contributed by atoms with Crippen molar-refractivity contribution in [3.8, 4) is 0 Å². The van der Waals surface area contributed by atoms with Gasteiger partial charge in [0.05, 0.1) is 13.2 Å². The Bertz CT molecular complexity index is 968. The molecule has 8 heteroatoms. The zero-order valence-corrected chi connectivity index (χ0v) is 40.1. The SMILES string of the molecule is CCCCCCCCCC(CCCCCCCC(=O)OCCCCCCCCCCOC(=O)CCCCCCCCC(CCCCCCCC)OC(=O)CC)OC(=O)CC. The largest absolute Gasteiger partial charge is 0.466 e. The fourth-order valence-electron chi connectivity index (χ4n) is 7.85. The van der Waals surface area contributed by atoms with Crippen LogP contribution in [0.25, 0.3) is 0 Å². The Morgan fingerprint density at radius 3 is 0.833 bits per heavy atom. The Kier molecular flexibility index (Phi) is 44.7. The number of esters is 4. The first-order valence-corrected chi connectivity index (χ1v) is 26.1. The van der Waals surface area contributed by atoms with Crippen LogP contribution in [-0.2, 0) is 38.1 Å². The zero-order chi connectivity index (χ0) is 44.0. The average Bonchev–Trinajstić information content (AvgIpc) is 3.24. The molecule has 0 aromatic carbocycles. The van der Waals surface area contributed by atoms with Gasteiger partial charge in [0.1, 0.15) is 12.2 Å². The van der Waals surface area contributed by atoms with Gasteiger partial charge in [-0.05, 0) is 77.0 Å². The van der Waals surface area contributed by atoms with E-state index in [0.29, 0.717) is 38.9 Å². The molecule has 0 aliphatic rings. The molecule has 0 radical (unpaired) electrons. The molecule has 8 nitrogen and oxygen atoms in total. The van der Waals surface area contributed by atoms with Crippen molar-refractivity contribution in [2.45, 2.75) is 297 Å². The molecule has 0 spiro atoms. The van der Waals surface area contributed by atoms with Crippen LogP contribution in [0.15, 0.2) is 0 Å². The highest BCUT2D eigenvalue weighted by atomic mass is 16.5. The van der Waals surface area contributed by atoms with Gasteiger partial charge in [0.15, 0.2) is 0 Å². The van der Waals surface area contributed by atoms with Crippen LogP contribution >= 0.6 is 0 Å². The van der Waals surface area contributed by atoms with Gasteiger partial charge >= 0.3 is 23.9 Å². The summed E-state index contributed by atoms with van der Waals surface area (Å²) < 4.78 is 22.4. The number of ether oxygens (including phenoxy) is 4. The number of unbranched alkanes of at least 4 members (excludes halogenated alkanes) is 27. The highest BCUT2D eigenvalue weighted by molar-refractivity contribution is 5.70. The summed E-state index contributed by atoms with van der Waals surface area (Å²) in [5, 5.41) is 0. The molecule has 354 valence electrons. The lowest BCUT2D eigenvalue weighted by atomic mass is 10.0. The molecular weight excluding hydrogens is 753 g/mol. The molecule has 0 fully saturated rings. The molecule has 0 aliphatic carbocycles. The minimum absolute atomic E-state index is 0.0610. The minimum Gasteiger partial charge on any atom is -0.466 e. The van der Waals surface area contributed by atoms with Crippen LogP contribution < -0.4 is 0 Å². The minimum atomic E-state index is -0.0804. The van der Waals surface area contributed by atoms with Crippen LogP contribution in [0.1, 0.15) is 285 Å². The zero-order valence-electron chi connectivity index (χ0n) is 40.1. The van der Waals surface area contributed by atoms with Crippen LogP contribution in [0, 0.1) is 0 Å². The number of carbonyl (C=O) groups excluding carboxylic acids is 4. The molecule has 0 aliphatic heterocycles. The Hall–Kier alpha value is -2.12. The lowest BCUT2D eigenvalue weighted by Crippen LogP contribution is -2.17. The van der Waals surface area contributed by atoms with Crippen LogP contribution in [0.3, 0.4) is 0 Å². The molecule has 0 rings (SSSR count). The molecule has 2 atom stereocenters. The Balaban J connectivity index is 3.62. The van der Waals surface area contributed by atoms with Crippen LogP contribution in [-0.4, -0.2) is 49.3 Å². The van der Waals surface area contributed by atoms with Gasteiger partial charge in [-0.25, -0.2) is 0 Å². The fraction of sp³-hybridized carbons (Fsp3) is 0.923. The molecule has 0 aromatic rings. The monoisotopic (exact) mass is 851 g/mol. The highest BCUT2D eigenvalue weighted by Gasteiger charge is 2.14. The Morgan fingerprint density at radius 2 is 0.550 bits per heavy atom. The molecule has 0 saturated heterocycles. The van der Waals surface area contributed by atoms with Gasteiger partial charge in [-0.1, -0.05) is 182 Å². The van der Waals surface area contributed by atoms with E-state index in [1.165, 1.54) is 96.3 Å². The van der Waals surface area contributed by atoms with Gasteiger partial charge in [-0.3, -0.25) is 19.2 Å². The van der Waals surface area contributed by atoms with E-state index >= 15 is 0 Å². The van der Waals surface area contributed by atoms with Crippen LogP contribution in [0.2, 0.25) is 0 Å². The maximum atomic E-state index is 12.1. The van der Waals surface area contributed by atoms with Gasteiger partial charge < -0.3 is 18.9 Å². The van der Waals surface area contributed by atoms with E-state index in [2.05, 4.69) is 13.8 Å². The van der Waals surface area contributed by atoms with Gasteiger partial charge in [0, 0.05) is 25.7 Å². The number of hydrogen-bond donors (Lipinski definition) is 0. The second kappa shape index (κ2) is 46.4. The molecule has 0 saturated carbocycles. The van der Waals surface area contributed by atoms with E-state index in [-0.39, 0.29) is 36.1 Å². The summed E-state index contributed by atoms with van der Waals surface area (Å²) in [6, 6.07) is 0. The molecule has 60 heavy (non-hydrogen) atoms. The second-order valence-electron chi connectivity index (χ2n) is 17.6. The standard InChI is InChI=1S/C52H98O8/c1-5-9-11-13-17-24-32-40-48(60-50(54)8-4)42-34-26-22-28-36-44-52(56)58-46-38-30-21-16-15-20-29-37-45-57-51(55)43-35-27-19-18-25-33-41-47(59-49(53)7-3)39-31-23-14-12-10-6-2/h47-48H,5-46H2,1-4H3. The Morgan fingerprint density at radius 1 is 0.300 bits per heavy atom. The molecule has 0 heterocycles. The third kappa shape index (κ3) is 42.6. The predicted molar refractivity (Wildman–Crippen MR) is 249 cm³/mol. The summed E-state index contributed by atoms with van der Waals surface area (Å²) in [7, 11) is 0. The van der Waals surface area contributed by atoms with Crippen LogP contribution in [0.5, 0.6) is 0 Å². The van der Waals surface area contributed by atoms with Crippen molar-refractivity contribution < 1.29 is 38.1 Å². The van der Waals surface area contributed by atoms with Gasteiger partial charge in [0.25, 0.3) is 0 Å². The van der Waals surface area contributed by atoms with E-state index < -0.39 is 0 Å². The average molecular weight is 851 g/mol. The summed E-state index contributed by atoms with van der Waals surface area (Å²) in [5.41, 5.74) is 0. The van der Waals surface area contributed by atoms with Crippen molar-refractivity contribution in [3.05, 3.63) is 0 Å². The van der Waals surface area contributed by atoms with E-state index in [0.717, 1.165) is 135 Å². The molecule has 0 N–H and O–H groups in total. The third-order valence-corrected chi connectivity index (χ3v) is 11.8. The molecule has 0 bridgehead atoms. The van der Waals surface area contributed by atoms with Gasteiger partial charge in [-0.15, -0.1) is 0 Å². The van der Waals surface area contributed by atoms with Crippen molar-refractivity contribution in [1.82, 2.24) is 0 Å². The van der Waals surface area contributed by atoms with Crippen molar-refractivity contribution >= 4 is 23.9 Å². The predicted octanol–water partition coefficient (Wildman–Crippen LogP) is 15.6. The maximum absolute atomic E-state index is 12.1. The van der Waals surface area contributed by atoms with Crippen molar-refractivity contribution in [2.24, 2.45) is 0 Å². The summed E-state index contributed by atoms with van der Waals surface area (Å²) >= 11 is 0. The topological polar surface area (TPSA) is 105 Å². The summed E-state index contributed by atoms with van der Waals surface area (Å²) in [4.78, 5) is 48.0. The van der Waals surface area contributed by atoms with Gasteiger partial charge in [0.2, 0.25) is 0 Å². The van der Waals surface area contributed by atoms with E-state index in [9.17, 15) is 19.2 Å². The van der Waals surface area contributed by atoms with Gasteiger partial charge in [-0.2, -0.15) is 0 Å². The van der Waals surface area contributed by atoms with E-state index in [1.807, 2.05) is 13.8 Å². The highest BCUT2D eigenvalue weighted by Crippen LogP contribution is 2.20. The maximum Gasteiger partial charge on any atom is 0.305 e. The first kappa shape index (κ1) is 57.9. The molecule has 2 unspecified atom stereocenters. The van der Waals surface area contributed by atoms with Crippen molar-refractivity contribution in [2.75, 3.05) is 13.2 Å². The number of hydrogen-bond acceptors (Lipinski definition) is 8. The quantitative estimate of drug-likeness (QED) is 0.0339. The van der Waals surface area contributed by atoms with Crippen molar-refractivity contribution in [3.63, 3.8) is 0 Å². The van der Waals surface area contributed by atoms with E-state index in [4.69, 9.17) is 18.9 Å². The number of carbonyl (C=O) groups is 4. The first-order valence-electron chi connectivity index (χ1n) is 26.1. The second-order valence-corrected chi connectivity index (χ2v) is 17.6. The molecule has 0 amide bonds. The molecular formula is C52H98O8. The summed E-state index contributed by atoms with van der Waals surface area (Å²) in [6.45, 7) is 9.28. The third-order valence-electron chi connectivity index (χ3n) is 11.8. The number of rotatable bonds is 47. The summed E-state index contributed by atoms with van der Waals surface area (Å²) in [6.07, 6.45) is 42.9. The lowest BCUT2D eigenvalue weighted by Gasteiger charge is -2.17. The van der Waals surface area contributed by atoms with Crippen molar-refractivity contribution in [1.29, 1.82) is 0 Å². The normalized spacial score (nSPS) is 12.3. The molecule has 0 aromatic heterocycles.